The van der Waals surface area contributed by atoms with Crippen LogP contribution in [-0.2, 0) is 6.18 Å². The molecule has 3 nitrogen and oxygen atoms in total. The van der Waals surface area contributed by atoms with Crippen LogP contribution in [0.2, 0.25) is 0 Å². The molecule has 2 aliphatic rings. The van der Waals surface area contributed by atoms with Crippen LogP contribution in [0.25, 0.3) is 0 Å². The molecule has 21 heavy (non-hydrogen) atoms. The quantitative estimate of drug-likeness (QED) is 0.839. The molecule has 1 aromatic carbocycles. The van der Waals surface area contributed by atoms with Gasteiger partial charge in [0.25, 0.3) is 5.91 Å². The standard InChI is InChI=1S/C14H14F4N2O/c15-12-2-1-7(14(16,17)18)3-8(12)13(21)20-6-11-9-4-19-5-10(9)11/h1-3,9-11,19H,4-6H2,(H,20,21). The highest BCUT2D eigenvalue weighted by Crippen LogP contribution is 2.48. The first-order valence-electron chi connectivity index (χ1n) is 6.73. The molecule has 0 radical (unpaired) electrons. The van der Waals surface area contributed by atoms with Gasteiger partial charge >= 0.3 is 6.18 Å². The minimum Gasteiger partial charge on any atom is -0.352 e. The summed E-state index contributed by atoms with van der Waals surface area (Å²) in [5.41, 5.74) is -1.59. The summed E-state index contributed by atoms with van der Waals surface area (Å²) in [7, 11) is 0. The second-order valence-electron chi connectivity index (χ2n) is 5.55. The Kier molecular flexibility index (Phi) is 3.39. The molecule has 1 heterocycles. The summed E-state index contributed by atoms with van der Waals surface area (Å²) >= 11 is 0. The maximum atomic E-state index is 13.5. The molecule has 0 bridgehead atoms. The maximum Gasteiger partial charge on any atom is 0.416 e. The highest BCUT2D eigenvalue weighted by atomic mass is 19.4. The van der Waals surface area contributed by atoms with Gasteiger partial charge in [-0.25, -0.2) is 4.39 Å². The summed E-state index contributed by atoms with van der Waals surface area (Å²) < 4.78 is 51.3. The van der Waals surface area contributed by atoms with Crippen LogP contribution in [-0.4, -0.2) is 25.5 Å². The lowest BCUT2D eigenvalue weighted by atomic mass is 10.1. The van der Waals surface area contributed by atoms with E-state index in [-0.39, 0.29) is 0 Å². The Morgan fingerprint density at radius 3 is 2.57 bits per heavy atom. The van der Waals surface area contributed by atoms with Crippen LogP contribution in [0, 0.1) is 23.6 Å². The SMILES string of the molecule is O=C(NCC1C2CNCC21)c1cc(C(F)(F)F)ccc1F. The molecule has 1 saturated heterocycles. The van der Waals surface area contributed by atoms with Crippen molar-refractivity contribution in [2.75, 3.05) is 19.6 Å². The monoisotopic (exact) mass is 302 g/mol. The summed E-state index contributed by atoms with van der Waals surface area (Å²) in [5, 5.41) is 5.74. The van der Waals surface area contributed by atoms with Crippen molar-refractivity contribution in [2.24, 2.45) is 17.8 Å². The van der Waals surface area contributed by atoms with Crippen molar-refractivity contribution >= 4 is 5.91 Å². The lowest BCUT2D eigenvalue weighted by Crippen LogP contribution is -2.29. The van der Waals surface area contributed by atoms with Crippen molar-refractivity contribution in [3.63, 3.8) is 0 Å². The van der Waals surface area contributed by atoms with Gasteiger partial charge in [0.1, 0.15) is 5.82 Å². The van der Waals surface area contributed by atoms with Gasteiger partial charge in [0.05, 0.1) is 11.1 Å². The van der Waals surface area contributed by atoms with Crippen LogP contribution in [0.5, 0.6) is 0 Å². The second-order valence-corrected chi connectivity index (χ2v) is 5.55. The number of fused-ring (bicyclic) bond motifs is 1. The Labute approximate surface area is 118 Å². The van der Waals surface area contributed by atoms with Crippen molar-refractivity contribution < 1.29 is 22.4 Å². The van der Waals surface area contributed by atoms with E-state index < -0.39 is 29.0 Å². The van der Waals surface area contributed by atoms with E-state index in [1.54, 1.807) is 0 Å². The predicted octanol–water partition coefficient (Wildman–Crippen LogP) is 2.04. The van der Waals surface area contributed by atoms with Crippen LogP contribution in [0.3, 0.4) is 0 Å². The van der Waals surface area contributed by atoms with Crippen LogP contribution in [0.15, 0.2) is 18.2 Å². The number of alkyl halides is 3. The number of halogens is 4. The smallest absolute Gasteiger partial charge is 0.352 e. The average Bonchev–Trinajstić information content (AvgIpc) is 2.84. The van der Waals surface area contributed by atoms with E-state index in [4.69, 9.17) is 0 Å². The van der Waals surface area contributed by atoms with Gasteiger partial charge in [-0.05, 0) is 49.0 Å². The molecule has 0 aromatic heterocycles. The molecule has 2 unspecified atom stereocenters. The molecule has 1 aliphatic heterocycles. The average molecular weight is 302 g/mol. The number of hydrogen-bond acceptors (Lipinski definition) is 2. The minimum absolute atomic E-state index is 0.351. The molecular weight excluding hydrogens is 288 g/mol. The number of amides is 1. The number of rotatable bonds is 3. The van der Waals surface area contributed by atoms with Crippen molar-refractivity contribution in [1.29, 1.82) is 0 Å². The van der Waals surface area contributed by atoms with Crippen molar-refractivity contribution in [3.8, 4) is 0 Å². The molecule has 3 rings (SSSR count). The fourth-order valence-electron chi connectivity index (χ4n) is 3.03. The van der Waals surface area contributed by atoms with Gasteiger partial charge in [0.2, 0.25) is 0 Å². The van der Waals surface area contributed by atoms with Crippen molar-refractivity contribution in [3.05, 3.63) is 35.1 Å². The van der Waals surface area contributed by atoms with E-state index in [1.807, 2.05) is 0 Å². The topological polar surface area (TPSA) is 41.1 Å². The fraction of sp³-hybridized carbons (Fsp3) is 0.500. The van der Waals surface area contributed by atoms with E-state index in [0.717, 1.165) is 13.1 Å². The molecule has 7 heteroatoms. The molecule has 1 amide bonds. The molecule has 114 valence electrons. The Balaban J connectivity index is 1.66. The number of benzene rings is 1. The Morgan fingerprint density at radius 2 is 1.95 bits per heavy atom. The molecule has 1 aliphatic carbocycles. The Hall–Kier alpha value is -1.63. The van der Waals surface area contributed by atoms with Gasteiger partial charge in [0, 0.05) is 6.54 Å². The van der Waals surface area contributed by atoms with Crippen LogP contribution in [0.1, 0.15) is 15.9 Å². The van der Waals surface area contributed by atoms with E-state index in [0.29, 0.717) is 42.5 Å². The fourth-order valence-corrected chi connectivity index (χ4v) is 3.03. The van der Waals surface area contributed by atoms with Gasteiger partial charge in [-0.3, -0.25) is 4.79 Å². The third kappa shape index (κ3) is 2.74. The van der Waals surface area contributed by atoms with Gasteiger partial charge in [-0.1, -0.05) is 0 Å². The summed E-state index contributed by atoms with van der Waals surface area (Å²) in [6.07, 6.45) is -4.60. The number of hydrogen-bond donors (Lipinski definition) is 2. The molecule has 2 atom stereocenters. The molecule has 0 spiro atoms. The van der Waals surface area contributed by atoms with E-state index in [2.05, 4.69) is 10.6 Å². The highest BCUT2D eigenvalue weighted by molar-refractivity contribution is 5.94. The van der Waals surface area contributed by atoms with E-state index in [1.165, 1.54) is 0 Å². The second kappa shape index (κ2) is 4.98. The number of carbonyl (C=O) groups is 1. The highest BCUT2D eigenvalue weighted by Gasteiger charge is 2.52. The van der Waals surface area contributed by atoms with Crippen LogP contribution >= 0.6 is 0 Å². The largest absolute Gasteiger partial charge is 0.416 e. The van der Waals surface area contributed by atoms with E-state index >= 15 is 0 Å². The van der Waals surface area contributed by atoms with Crippen molar-refractivity contribution in [2.45, 2.75) is 6.18 Å². The number of carbonyl (C=O) groups excluding carboxylic acids is 1. The van der Waals surface area contributed by atoms with E-state index in [9.17, 15) is 22.4 Å². The number of piperidine rings is 1. The van der Waals surface area contributed by atoms with Gasteiger partial charge in [-0.2, -0.15) is 13.2 Å². The maximum absolute atomic E-state index is 13.5. The van der Waals surface area contributed by atoms with Crippen LogP contribution < -0.4 is 10.6 Å². The lowest BCUT2D eigenvalue weighted by molar-refractivity contribution is -0.137. The normalized spacial score (nSPS) is 27.3. The Morgan fingerprint density at radius 1 is 1.29 bits per heavy atom. The third-order valence-corrected chi connectivity index (χ3v) is 4.31. The summed E-state index contributed by atoms with van der Waals surface area (Å²) in [6.45, 7) is 2.19. The zero-order chi connectivity index (χ0) is 15.2. The molecule has 1 saturated carbocycles. The first-order valence-corrected chi connectivity index (χ1v) is 6.73. The summed E-state index contributed by atoms with van der Waals surface area (Å²) in [5.74, 6) is -0.341. The zero-order valence-corrected chi connectivity index (χ0v) is 11.0. The first kappa shape index (κ1) is 14.3. The Bertz CT molecular complexity index is 563. The third-order valence-electron chi connectivity index (χ3n) is 4.31. The zero-order valence-electron chi connectivity index (χ0n) is 11.0. The molecule has 2 fully saturated rings. The molecular formula is C14H14F4N2O. The summed E-state index contributed by atoms with van der Waals surface area (Å²) in [4.78, 5) is 11.9. The van der Waals surface area contributed by atoms with Gasteiger partial charge in [-0.15, -0.1) is 0 Å². The minimum atomic E-state index is -4.60. The first-order chi connectivity index (χ1) is 9.88. The molecule has 2 N–H and O–H groups in total. The van der Waals surface area contributed by atoms with Gasteiger partial charge < -0.3 is 10.6 Å². The molecule has 1 aromatic rings. The van der Waals surface area contributed by atoms with Crippen LogP contribution in [0.4, 0.5) is 17.6 Å². The lowest BCUT2D eigenvalue weighted by Gasteiger charge is -2.11. The predicted molar refractivity (Wildman–Crippen MR) is 67.1 cm³/mol. The number of nitrogens with one attached hydrogen (secondary N) is 2. The van der Waals surface area contributed by atoms with Crippen molar-refractivity contribution in [1.82, 2.24) is 10.6 Å². The summed E-state index contributed by atoms with van der Waals surface area (Å²) in [6, 6.07) is 1.86. The van der Waals surface area contributed by atoms with Gasteiger partial charge in [0.15, 0.2) is 0 Å².